The van der Waals surface area contributed by atoms with Gasteiger partial charge in [0, 0.05) is 10.8 Å². The Morgan fingerprint density at radius 1 is 1.06 bits per heavy atom. The van der Waals surface area contributed by atoms with E-state index in [0.29, 0.717) is 16.1 Å². The van der Waals surface area contributed by atoms with Crippen LogP contribution in [0.4, 0.5) is 4.39 Å². The summed E-state index contributed by atoms with van der Waals surface area (Å²) in [6, 6.07) is 11.4. The number of para-hydroxylation sites is 1. The first-order valence-electron chi connectivity index (χ1n) is 4.80. The van der Waals surface area contributed by atoms with Crippen LogP contribution in [-0.2, 0) is 4.57 Å². The van der Waals surface area contributed by atoms with E-state index in [4.69, 9.17) is 4.20 Å². The van der Waals surface area contributed by atoms with Crippen LogP contribution in [0.5, 0.6) is 0 Å². The quantitative estimate of drug-likeness (QED) is 0.536. The number of hydrogen-bond donors (Lipinski definition) is 0. The van der Waals surface area contributed by atoms with Crippen molar-refractivity contribution in [2.75, 3.05) is 0 Å². The van der Waals surface area contributed by atoms with Crippen LogP contribution in [-0.4, -0.2) is 0 Å². The van der Waals surface area contributed by atoms with Crippen LogP contribution in [0.15, 0.2) is 46.7 Å². The average Bonchev–Trinajstić information content (AvgIpc) is 2.29. The zero-order valence-corrected chi connectivity index (χ0v) is 9.08. The van der Waals surface area contributed by atoms with Crippen molar-refractivity contribution in [1.29, 1.82) is 0 Å². The van der Waals surface area contributed by atoms with Crippen LogP contribution in [0.2, 0.25) is 0 Å². The van der Waals surface area contributed by atoms with Gasteiger partial charge in [0.25, 0.3) is 0 Å². The van der Waals surface area contributed by atoms with Gasteiger partial charge in [-0.1, -0.05) is 18.2 Å². The first-order valence-corrected chi connectivity index (χ1v) is 5.97. The first kappa shape index (κ1) is 9.49. The minimum absolute atomic E-state index is 0.334. The number of fused-ring (bicyclic) bond motifs is 3. The summed E-state index contributed by atoms with van der Waals surface area (Å²) >= 11 is 0. The Labute approximate surface area is 91.1 Å². The van der Waals surface area contributed by atoms with Crippen LogP contribution in [0.3, 0.4) is 0 Å². The van der Waals surface area contributed by atoms with E-state index in [2.05, 4.69) is 0 Å². The fraction of sp³-hybridized carbons (Fsp3) is 0. The summed E-state index contributed by atoms with van der Waals surface area (Å²) < 4.78 is 30.2. The summed E-state index contributed by atoms with van der Waals surface area (Å²) in [5.74, 6) is -0.334. The fourth-order valence-corrected chi connectivity index (χ4v) is 2.80. The third-order valence-electron chi connectivity index (χ3n) is 2.51. The minimum Gasteiger partial charge on any atom is -0.250 e. The van der Waals surface area contributed by atoms with Gasteiger partial charge in [-0.2, -0.15) is 0 Å². The van der Waals surface area contributed by atoms with Crippen molar-refractivity contribution >= 4 is 29.1 Å². The maximum absolute atomic E-state index is 13.2. The predicted molar refractivity (Wildman–Crippen MR) is 61.3 cm³/mol. The standard InChI is InChI=1S/C12H7FO2P/c13-8-5-6-12-10(7-8)9-3-1-2-4-11(9)15-16(12)14/h1-7H/q+1. The molecule has 0 aliphatic rings. The molecule has 78 valence electrons. The molecule has 0 aliphatic carbocycles. The van der Waals surface area contributed by atoms with E-state index in [1.165, 1.54) is 18.2 Å². The van der Waals surface area contributed by atoms with Gasteiger partial charge in [-0.25, -0.2) is 8.59 Å². The SMILES string of the molecule is O=[p+]1oc2ccccc2c2cc(F)ccc21. The molecule has 0 saturated carbocycles. The summed E-state index contributed by atoms with van der Waals surface area (Å²) in [6.45, 7) is 0. The predicted octanol–water partition coefficient (Wildman–Crippen LogP) is 4.47. The number of hydrogen-bond acceptors (Lipinski definition) is 2. The Bertz CT molecular complexity index is 749. The van der Waals surface area contributed by atoms with Gasteiger partial charge in [0.2, 0.25) is 5.12 Å². The Hall–Kier alpha value is -1.73. The molecule has 0 N–H and O–H groups in total. The summed E-state index contributed by atoms with van der Waals surface area (Å²) in [6.07, 6.45) is 0. The van der Waals surface area contributed by atoms with Gasteiger partial charge in [0.05, 0.1) is 0 Å². The Morgan fingerprint density at radius 3 is 2.75 bits per heavy atom. The average molecular weight is 233 g/mol. The molecule has 0 amide bonds. The first-order chi connectivity index (χ1) is 7.75. The zero-order chi connectivity index (χ0) is 11.1. The van der Waals surface area contributed by atoms with Crippen molar-refractivity contribution in [2.45, 2.75) is 0 Å². The monoisotopic (exact) mass is 233 g/mol. The van der Waals surface area contributed by atoms with Gasteiger partial charge >= 0.3 is 7.65 Å². The molecule has 0 bridgehead atoms. The molecular formula is C12H7FO2P+. The topological polar surface area (TPSA) is 30.2 Å². The molecule has 3 rings (SSSR count). The van der Waals surface area contributed by atoms with Gasteiger partial charge in [-0.05, 0) is 28.8 Å². The van der Waals surface area contributed by atoms with E-state index < -0.39 is 7.65 Å². The van der Waals surface area contributed by atoms with Gasteiger partial charge in [0.1, 0.15) is 5.82 Å². The van der Waals surface area contributed by atoms with Crippen LogP contribution in [0.1, 0.15) is 0 Å². The molecule has 16 heavy (non-hydrogen) atoms. The van der Waals surface area contributed by atoms with Gasteiger partial charge in [-0.15, -0.1) is 0 Å². The van der Waals surface area contributed by atoms with Crippen LogP contribution in [0.25, 0.3) is 21.5 Å². The molecule has 3 aromatic rings. The molecule has 2 aromatic carbocycles. The molecular weight excluding hydrogens is 226 g/mol. The Balaban J connectivity index is 2.67. The third kappa shape index (κ3) is 1.33. The largest absolute Gasteiger partial charge is 0.597 e. The molecule has 0 spiro atoms. The molecule has 0 fully saturated rings. The van der Waals surface area contributed by atoms with E-state index >= 15 is 0 Å². The Morgan fingerprint density at radius 2 is 1.88 bits per heavy atom. The molecule has 1 atom stereocenters. The summed E-state index contributed by atoms with van der Waals surface area (Å²) in [4.78, 5) is 0. The van der Waals surface area contributed by atoms with Crippen LogP contribution in [0, 0.1) is 5.82 Å². The van der Waals surface area contributed by atoms with Crippen LogP contribution < -0.4 is 0 Å². The molecule has 0 saturated heterocycles. The molecule has 1 unspecified atom stereocenters. The fourth-order valence-electron chi connectivity index (χ4n) is 1.79. The normalized spacial score (nSPS) is 12.2. The van der Waals surface area contributed by atoms with Crippen molar-refractivity contribution in [3.05, 3.63) is 48.3 Å². The van der Waals surface area contributed by atoms with Crippen molar-refractivity contribution in [3.63, 3.8) is 0 Å². The van der Waals surface area contributed by atoms with Gasteiger partial charge in [0.15, 0.2) is 5.58 Å². The van der Waals surface area contributed by atoms with Crippen molar-refractivity contribution < 1.29 is 13.2 Å². The highest BCUT2D eigenvalue weighted by Gasteiger charge is 2.16. The van der Waals surface area contributed by atoms with E-state index in [-0.39, 0.29) is 5.82 Å². The lowest BCUT2D eigenvalue weighted by Gasteiger charge is -1.95. The number of halogens is 1. The summed E-state index contributed by atoms with van der Waals surface area (Å²) in [5.41, 5.74) is 0.543. The smallest absolute Gasteiger partial charge is 0.250 e. The van der Waals surface area contributed by atoms with E-state index in [0.717, 1.165) is 5.39 Å². The van der Waals surface area contributed by atoms with Crippen LogP contribution >= 0.6 is 7.65 Å². The number of benzene rings is 2. The maximum atomic E-state index is 13.2. The van der Waals surface area contributed by atoms with E-state index in [1.54, 1.807) is 12.1 Å². The molecule has 1 heterocycles. The molecule has 0 radical (unpaired) electrons. The minimum atomic E-state index is -1.92. The molecule has 0 aliphatic heterocycles. The molecule has 4 heteroatoms. The second kappa shape index (κ2) is 3.39. The number of rotatable bonds is 0. The summed E-state index contributed by atoms with van der Waals surface area (Å²) in [7, 11) is -1.92. The highest BCUT2D eigenvalue weighted by atomic mass is 31.1. The van der Waals surface area contributed by atoms with Gasteiger partial charge in [-0.3, -0.25) is 0 Å². The maximum Gasteiger partial charge on any atom is 0.597 e. The second-order valence-electron chi connectivity index (χ2n) is 3.51. The third-order valence-corrected chi connectivity index (χ3v) is 3.66. The highest BCUT2D eigenvalue weighted by Crippen LogP contribution is 2.35. The lowest BCUT2D eigenvalue weighted by Crippen LogP contribution is -1.77. The highest BCUT2D eigenvalue weighted by molar-refractivity contribution is 7.37. The van der Waals surface area contributed by atoms with Crippen molar-refractivity contribution in [3.8, 4) is 0 Å². The second-order valence-corrected chi connectivity index (χ2v) is 4.68. The lowest BCUT2D eigenvalue weighted by atomic mass is 10.1. The van der Waals surface area contributed by atoms with Crippen molar-refractivity contribution in [1.82, 2.24) is 0 Å². The Kier molecular flexibility index (Phi) is 2.01. The summed E-state index contributed by atoms with van der Waals surface area (Å²) in [5, 5.41) is 1.99. The van der Waals surface area contributed by atoms with Crippen molar-refractivity contribution in [2.24, 2.45) is 0 Å². The molecule has 2 nitrogen and oxygen atoms in total. The lowest BCUT2D eigenvalue weighted by molar-refractivity contribution is 0.563. The van der Waals surface area contributed by atoms with E-state index in [9.17, 15) is 8.96 Å². The van der Waals surface area contributed by atoms with Gasteiger partial charge < -0.3 is 0 Å². The van der Waals surface area contributed by atoms with E-state index in [1.807, 2.05) is 12.1 Å². The zero-order valence-electron chi connectivity index (χ0n) is 8.18. The molecule has 1 aromatic heterocycles.